The molecule has 4 heterocycles. The number of amides is 2. The first-order valence-corrected chi connectivity index (χ1v) is 11.6. The summed E-state index contributed by atoms with van der Waals surface area (Å²) in [4.78, 5) is 33.8. The topological polar surface area (TPSA) is 99.0 Å². The second-order valence-corrected chi connectivity index (χ2v) is 8.90. The summed E-state index contributed by atoms with van der Waals surface area (Å²) in [5.41, 5.74) is 1.93. The molecule has 10 nitrogen and oxygen atoms in total. The summed E-state index contributed by atoms with van der Waals surface area (Å²) in [5, 5.41) is 3.94. The molecule has 10 heteroatoms. The number of piperidine rings is 1. The zero-order valence-corrected chi connectivity index (χ0v) is 19.2. The lowest BCUT2D eigenvalue weighted by molar-refractivity contribution is -0.156. The van der Waals surface area contributed by atoms with Crippen LogP contribution in [0.2, 0.25) is 0 Å². The second kappa shape index (κ2) is 8.61. The number of β-lactam (4-membered cyclic amide) rings is 1. The van der Waals surface area contributed by atoms with Crippen molar-refractivity contribution < 1.29 is 23.8 Å². The van der Waals surface area contributed by atoms with Gasteiger partial charge in [-0.05, 0) is 48.2 Å². The van der Waals surface area contributed by atoms with Crippen LogP contribution in [0.1, 0.15) is 35.9 Å². The van der Waals surface area contributed by atoms with Crippen LogP contribution in [0.15, 0.2) is 55.1 Å². The molecule has 3 aliphatic heterocycles. The molecule has 35 heavy (non-hydrogen) atoms. The summed E-state index contributed by atoms with van der Waals surface area (Å²) in [7, 11) is 1.62. The number of rotatable bonds is 4. The van der Waals surface area contributed by atoms with Gasteiger partial charge >= 0.3 is 6.03 Å². The summed E-state index contributed by atoms with van der Waals surface area (Å²) in [6.45, 7) is 1.29. The van der Waals surface area contributed by atoms with Crippen molar-refractivity contribution in [2.45, 2.75) is 30.8 Å². The van der Waals surface area contributed by atoms with E-state index >= 15 is 0 Å². The monoisotopic (exact) mass is 475 g/mol. The molecule has 180 valence electrons. The Balaban J connectivity index is 1.27. The molecule has 3 aromatic rings. The average Bonchev–Trinajstić information content (AvgIpc) is 3.59. The van der Waals surface area contributed by atoms with Gasteiger partial charge in [0.1, 0.15) is 18.4 Å². The lowest BCUT2D eigenvalue weighted by Gasteiger charge is -2.53. The SMILES string of the molecule is COc1cccc([C@H]2C(=O)N(C3CCN(C(=O)n4cncn4)CC3)[C@@H]2c2ccc3c(c2)OCO3)c1. The van der Waals surface area contributed by atoms with E-state index in [0.29, 0.717) is 37.4 Å². The van der Waals surface area contributed by atoms with Crippen molar-refractivity contribution in [3.05, 3.63) is 66.2 Å². The van der Waals surface area contributed by atoms with Crippen LogP contribution in [0.4, 0.5) is 4.79 Å². The molecule has 6 rings (SSSR count). The van der Waals surface area contributed by atoms with Gasteiger partial charge in [0.2, 0.25) is 12.7 Å². The molecule has 2 fully saturated rings. The van der Waals surface area contributed by atoms with E-state index in [-0.39, 0.29) is 36.7 Å². The maximum Gasteiger partial charge on any atom is 0.346 e. The largest absolute Gasteiger partial charge is 0.497 e. The van der Waals surface area contributed by atoms with Gasteiger partial charge in [0, 0.05) is 19.1 Å². The van der Waals surface area contributed by atoms with E-state index in [1.54, 1.807) is 12.0 Å². The normalized spacial score (nSPS) is 21.7. The minimum Gasteiger partial charge on any atom is -0.497 e. The first-order chi connectivity index (χ1) is 17.1. The Bertz CT molecular complexity index is 1250. The fraction of sp³-hybridized carbons (Fsp3) is 0.360. The number of carbonyl (C=O) groups is 2. The zero-order valence-electron chi connectivity index (χ0n) is 19.2. The standard InChI is InChI=1S/C25H25N5O5/c1-33-19-4-2-3-16(11-19)22-23(17-5-6-20-21(12-17)35-15-34-20)30(24(22)31)18-7-9-28(10-8-18)25(32)29-14-26-13-27-29/h2-6,11-14,18,22-23H,7-10,15H2,1H3/t22-,23-/m1/s1. The van der Waals surface area contributed by atoms with Crippen molar-refractivity contribution in [2.75, 3.05) is 27.0 Å². The predicted molar refractivity (Wildman–Crippen MR) is 123 cm³/mol. The zero-order chi connectivity index (χ0) is 23.9. The summed E-state index contributed by atoms with van der Waals surface area (Å²) in [6, 6.07) is 13.3. The van der Waals surface area contributed by atoms with Gasteiger partial charge in [-0.1, -0.05) is 18.2 Å². The third kappa shape index (κ3) is 3.65. The molecule has 2 aromatic carbocycles. The van der Waals surface area contributed by atoms with Gasteiger partial charge in [0.25, 0.3) is 0 Å². The van der Waals surface area contributed by atoms with Crippen molar-refractivity contribution in [3.63, 3.8) is 0 Å². The van der Waals surface area contributed by atoms with Crippen molar-refractivity contribution in [1.29, 1.82) is 0 Å². The highest BCUT2D eigenvalue weighted by Crippen LogP contribution is 2.51. The first-order valence-electron chi connectivity index (χ1n) is 11.6. The molecule has 3 aliphatic rings. The third-order valence-corrected chi connectivity index (χ3v) is 7.07. The number of benzene rings is 2. The number of nitrogens with zero attached hydrogens (tertiary/aromatic N) is 5. The summed E-state index contributed by atoms with van der Waals surface area (Å²) >= 11 is 0. The average molecular weight is 476 g/mol. The molecule has 2 amide bonds. The van der Waals surface area contributed by atoms with Crippen LogP contribution in [0.25, 0.3) is 0 Å². The van der Waals surface area contributed by atoms with Crippen LogP contribution in [-0.2, 0) is 4.79 Å². The quantitative estimate of drug-likeness (QED) is 0.535. The first kappa shape index (κ1) is 21.5. The molecule has 2 atom stereocenters. The number of aromatic nitrogens is 3. The highest BCUT2D eigenvalue weighted by molar-refractivity contribution is 5.92. The molecular weight excluding hydrogens is 450 g/mol. The lowest BCUT2D eigenvalue weighted by Crippen LogP contribution is -2.60. The summed E-state index contributed by atoms with van der Waals surface area (Å²) in [5.74, 6) is 1.89. The fourth-order valence-electron chi connectivity index (χ4n) is 5.32. The van der Waals surface area contributed by atoms with E-state index in [9.17, 15) is 9.59 Å². The molecule has 0 radical (unpaired) electrons. The highest BCUT2D eigenvalue weighted by atomic mass is 16.7. The van der Waals surface area contributed by atoms with Gasteiger partial charge in [-0.3, -0.25) is 4.79 Å². The Kier molecular flexibility index (Phi) is 5.28. The van der Waals surface area contributed by atoms with Crippen LogP contribution >= 0.6 is 0 Å². The van der Waals surface area contributed by atoms with Crippen molar-refractivity contribution >= 4 is 11.9 Å². The smallest absolute Gasteiger partial charge is 0.346 e. The molecule has 0 aliphatic carbocycles. The predicted octanol–water partition coefficient (Wildman–Crippen LogP) is 2.82. The summed E-state index contributed by atoms with van der Waals surface area (Å²) < 4.78 is 17.8. The number of carbonyl (C=O) groups excluding carboxylic acids is 2. The number of hydrogen-bond donors (Lipinski definition) is 0. The van der Waals surface area contributed by atoms with E-state index in [4.69, 9.17) is 14.2 Å². The minimum absolute atomic E-state index is 0.0274. The fourth-order valence-corrected chi connectivity index (χ4v) is 5.32. The van der Waals surface area contributed by atoms with Crippen LogP contribution in [0.5, 0.6) is 17.2 Å². The van der Waals surface area contributed by atoms with Crippen LogP contribution in [0, 0.1) is 0 Å². The molecule has 1 aromatic heterocycles. The van der Waals surface area contributed by atoms with Gasteiger partial charge in [-0.25, -0.2) is 9.78 Å². The Morgan fingerprint density at radius 3 is 2.66 bits per heavy atom. The van der Waals surface area contributed by atoms with E-state index in [2.05, 4.69) is 10.1 Å². The molecule has 2 saturated heterocycles. The number of methoxy groups -OCH3 is 1. The number of ether oxygens (including phenoxy) is 3. The molecule has 0 spiro atoms. The van der Waals surface area contributed by atoms with Crippen molar-refractivity contribution in [1.82, 2.24) is 24.6 Å². The molecule has 0 N–H and O–H groups in total. The van der Waals surface area contributed by atoms with Crippen molar-refractivity contribution in [3.8, 4) is 17.2 Å². The van der Waals surface area contributed by atoms with E-state index in [1.807, 2.05) is 47.4 Å². The van der Waals surface area contributed by atoms with Gasteiger partial charge in [0.15, 0.2) is 11.5 Å². The van der Waals surface area contributed by atoms with Gasteiger partial charge in [0.05, 0.1) is 19.1 Å². The Hall–Kier alpha value is -4.08. The molecule has 0 unspecified atom stereocenters. The maximum atomic E-state index is 13.6. The Morgan fingerprint density at radius 1 is 1.06 bits per heavy atom. The molecule has 0 bridgehead atoms. The van der Waals surface area contributed by atoms with Gasteiger partial charge < -0.3 is 24.0 Å². The minimum atomic E-state index is -0.319. The second-order valence-electron chi connectivity index (χ2n) is 8.90. The number of hydrogen-bond acceptors (Lipinski definition) is 7. The van der Waals surface area contributed by atoms with E-state index in [0.717, 1.165) is 16.9 Å². The molecular formula is C25H25N5O5. The van der Waals surface area contributed by atoms with E-state index in [1.165, 1.54) is 17.3 Å². The number of likely N-dealkylation sites (tertiary alicyclic amines) is 2. The van der Waals surface area contributed by atoms with Gasteiger partial charge in [-0.15, -0.1) is 0 Å². The van der Waals surface area contributed by atoms with E-state index < -0.39 is 0 Å². The highest BCUT2D eigenvalue weighted by Gasteiger charge is 2.52. The van der Waals surface area contributed by atoms with Crippen LogP contribution in [0.3, 0.4) is 0 Å². The van der Waals surface area contributed by atoms with Crippen LogP contribution < -0.4 is 14.2 Å². The number of fused-ring (bicyclic) bond motifs is 1. The van der Waals surface area contributed by atoms with Crippen LogP contribution in [-0.4, -0.2) is 69.5 Å². The van der Waals surface area contributed by atoms with Gasteiger partial charge in [-0.2, -0.15) is 9.78 Å². The Morgan fingerprint density at radius 2 is 1.89 bits per heavy atom. The lowest BCUT2D eigenvalue weighted by atomic mass is 9.75. The molecule has 0 saturated carbocycles. The Labute approximate surface area is 202 Å². The third-order valence-electron chi connectivity index (χ3n) is 7.07. The van der Waals surface area contributed by atoms with Crippen molar-refractivity contribution in [2.24, 2.45) is 0 Å². The maximum absolute atomic E-state index is 13.6. The summed E-state index contributed by atoms with van der Waals surface area (Å²) in [6.07, 6.45) is 4.13.